The van der Waals surface area contributed by atoms with Crippen LogP contribution in [0.15, 0.2) is 24.3 Å². The Bertz CT molecular complexity index is 1330. The molecule has 1 unspecified atom stereocenters. The van der Waals surface area contributed by atoms with Crippen molar-refractivity contribution < 1.29 is 59.4 Å². The number of hydrogen-bond acceptors (Lipinski definition) is 6. The molecule has 10 nitrogen and oxygen atoms in total. The van der Waals surface area contributed by atoms with Gasteiger partial charge < -0.3 is 25.2 Å². The van der Waals surface area contributed by atoms with Crippen molar-refractivity contribution in [1.29, 1.82) is 0 Å². The van der Waals surface area contributed by atoms with Gasteiger partial charge in [0, 0.05) is 30.8 Å². The number of likely N-dealkylation sites (tertiary alicyclic amines) is 1. The van der Waals surface area contributed by atoms with Gasteiger partial charge in [-0.2, -0.15) is 30.7 Å². The molecule has 17 heteroatoms. The molecule has 0 saturated carbocycles. The van der Waals surface area contributed by atoms with Gasteiger partial charge in [0.1, 0.15) is 0 Å². The lowest BCUT2D eigenvalue weighted by atomic mass is 9.92. The molecule has 262 valence electrons. The van der Waals surface area contributed by atoms with Crippen LogP contribution in [-0.4, -0.2) is 108 Å². The Hall–Kier alpha value is -3.76. The van der Waals surface area contributed by atoms with Crippen LogP contribution in [0.4, 0.5) is 35.5 Å². The number of ketones is 2. The molecule has 2 heterocycles. The number of benzene rings is 1. The average molecular weight is 683 g/mol. The van der Waals surface area contributed by atoms with E-state index >= 15 is 0 Å². The number of halogens is 7. The van der Waals surface area contributed by atoms with E-state index in [-0.39, 0.29) is 30.9 Å². The van der Waals surface area contributed by atoms with Crippen molar-refractivity contribution in [3.05, 3.63) is 35.4 Å². The van der Waals surface area contributed by atoms with Gasteiger partial charge in [0.05, 0.1) is 31.3 Å². The first kappa shape index (κ1) is 37.7. The van der Waals surface area contributed by atoms with Gasteiger partial charge in [-0.15, -0.1) is 0 Å². The third-order valence-electron chi connectivity index (χ3n) is 8.08. The first-order valence-corrected chi connectivity index (χ1v) is 15.0. The number of nitrogens with zero attached hydrogens (tertiary/aromatic N) is 2. The number of morpholine rings is 1. The Morgan fingerprint density at radius 1 is 0.787 bits per heavy atom. The number of carbonyl (C=O) groups is 5. The molecule has 2 aliphatic heterocycles. The van der Waals surface area contributed by atoms with Gasteiger partial charge in [-0.1, -0.05) is 27.7 Å². The molecule has 3 atom stereocenters. The lowest BCUT2D eigenvalue weighted by Gasteiger charge is -2.33. The van der Waals surface area contributed by atoms with Gasteiger partial charge in [-0.25, -0.2) is 4.79 Å². The molecular formula is C30H37F7N4O6. The molecule has 1 aromatic rings. The second-order valence-electron chi connectivity index (χ2n) is 12.1. The molecule has 2 fully saturated rings. The predicted octanol–water partition coefficient (Wildman–Crippen LogP) is 4.08. The molecule has 0 radical (unpaired) electrons. The number of nitrogens with one attached hydrogen (secondary N) is 2. The highest BCUT2D eigenvalue weighted by molar-refractivity contribution is 6.02. The van der Waals surface area contributed by atoms with Gasteiger partial charge in [-0.05, 0) is 48.9 Å². The number of urea groups is 1. The fourth-order valence-electron chi connectivity index (χ4n) is 5.30. The van der Waals surface area contributed by atoms with Crippen molar-refractivity contribution in [3.8, 4) is 0 Å². The Morgan fingerprint density at radius 2 is 1.32 bits per heavy atom. The summed E-state index contributed by atoms with van der Waals surface area (Å²) in [4.78, 5) is 67.4. The molecule has 2 saturated heterocycles. The molecule has 0 aliphatic carbocycles. The van der Waals surface area contributed by atoms with Gasteiger partial charge >= 0.3 is 24.1 Å². The van der Waals surface area contributed by atoms with Crippen molar-refractivity contribution in [2.75, 3.05) is 32.8 Å². The van der Waals surface area contributed by atoms with Crippen LogP contribution in [0, 0.1) is 11.8 Å². The maximum Gasteiger partial charge on any atom is 0.460 e. The predicted molar refractivity (Wildman–Crippen MR) is 152 cm³/mol. The molecule has 47 heavy (non-hydrogen) atoms. The lowest BCUT2D eigenvalue weighted by Crippen LogP contribution is -2.63. The Labute approximate surface area is 266 Å². The fraction of sp³-hybridized carbons (Fsp3) is 0.633. The third-order valence-corrected chi connectivity index (χ3v) is 8.08. The van der Waals surface area contributed by atoms with Crippen molar-refractivity contribution in [2.24, 2.45) is 11.8 Å². The summed E-state index contributed by atoms with van der Waals surface area (Å²) in [6, 6.07) is -0.438. The van der Waals surface area contributed by atoms with Crippen LogP contribution in [0.25, 0.3) is 0 Å². The summed E-state index contributed by atoms with van der Waals surface area (Å²) in [5, 5.41) is 4.43. The topological polar surface area (TPSA) is 125 Å². The molecule has 2 aliphatic rings. The monoisotopic (exact) mass is 682 g/mol. The fourth-order valence-corrected chi connectivity index (χ4v) is 5.30. The van der Waals surface area contributed by atoms with Crippen LogP contribution >= 0.6 is 0 Å². The molecule has 1 aromatic carbocycles. The quantitative estimate of drug-likeness (QED) is 0.339. The number of Topliss-reactive ketones (excluding diaryl/α,β-unsaturated/α-hetero) is 2. The van der Waals surface area contributed by atoms with E-state index in [9.17, 15) is 54.7 Å². The van der Waals surface area contributed by atoms with Crippen molar-refractivity contribution in [1.82, 2.24) is 20.4 Å². The van der Waals surface area contributed by atoms with Crippen LogP contribution in [0.2, 0.25) is 0 Å². The van der Waals surface area contributed by atoms with Gasteiger partial charge in [-0.3, -0.25) is 19.2 Å². The van der Waals surface area contributed by atoms with E-state index in [1.807, 2.05) is 5.32 Å². The number of hydrogen-bond donors (Lipinski definition) is 2. The summed E-state index contributed by atoms with van der Waals surface area (Å²) in [6.07, 6.45) is -6.46. The normalized spacial score (nSPS) is 19.0. The van der Waals surface area contributed by atoms with Crippen LogP contribution < -0.4 is 10.6 Å². The van der Waals surface area contributed by atoms with E-state index in [1.165, 1.54) is 24.3 Å². The highest BCUT2D eigenvalue weighted by Gasteiger charge is 2.76. The highest BCUT2D eigenvalue weighted by atomic mass is 19.4. The van der Waals surface area contributed by atoms with Crippen molar-refractivity contribution in [2.45, 2.75) is 76.7 Å². The first-order chi connectivity index (χ1) is 21.7. The second kappa shape index (κ2) is 14.6. The number of carbonyl (C=O) groups excluding carboxylic acids is 5. The van der Waals surface area contributed by atoms with Gasteiger partial charge in [0.25, 0.3) is 11.8 Å². The van der Waals surface area contributed by atoms with E-state index in [4.69, 9.17) is 4.74 Å². The summed E-state index contributed by atoms with van der Waals surface area (Å²) >= 11 is 0. The minimum Gasteiger partial charge on any atom is -0.378 e. The number of rotatable bonds is 11. The van der Waals surface area contributed by atoms with Gasteiger partial charge in [0.15, 0.2) is 5.78 Å². The van der Waals surface area contributed by atoms with E-state index in [1.54, 1.807) is 18.7 Å². The Kier molecular flexibility index (Phi) is 11.7. The zero-order chi connectivity index (χ0) is 35.5. The smallest absolute Gasteiger partial charge is 0.378 e. The summed E-state index contributed by atoms with van der Waals surface area (Å²) in [5.41, 5.74) is 0.462. The molecule has 3 rings (SSSR count). The summed E-state index contributed by atoms with van der Waals surface area (Å²) in [6.45, 7) is 6.88. The van der Waals surface area contributed by atoms with Crippen LogP contribution in [-0.2, 0) is 14.3 Å². The Morgan fingerprint density at radius 3 is 1.83 bits per heavy atom. The molecule has 4 amide bonds. The summed E-state index contributed by atoms with van der Waals surface area (Å²) in [7, 11) is 0. The standard InChI is InChI=1S/C30H37F7N4O6/c1-16(2)21(38-25(44)18-7-9-19(10-8-18)26(45)40-12-14-47-15-13-40)23(42)20-6-5-11-41(20)27(46)39-22(17(3)4)24(43)28(31,32)29(33,34)30(35,36)37/h7-10,16-17,20-22H,5-6,11-15H2,1-4H3,(H,38,44)(H,39,46)/t20-,21-,22?/m0/s1. The molecule has 0 bridgehead atoms. The number of ether oxygens (including phenoxy) is 1. The first-order valence-electron chi connectivity index (χ1n) is 15.0. The van der Waals surface area contributed by atoms with Crippen LogP contribution in [0.3, 0.4) is 0 Å². The minimum absolute atomic E-state index is 0.0618. The zero-order valence-corrected chi connectivity index (χ0v) is 26.1. The molecule has 0 spiro atoms. The molecule has 2 N–H and O–H groups in total. The minimum atomic E-state index is -6.75. The van der Waals surface area contributed by atoms with Crippen molar-refractivity contribution in [3.63, 3.8) is 0 Å². The van der Waals surface area contributed by atoms with E-state index in [2.05, 4.69) is 5.32 Å². The number of alkyl halides is 7. The van der Waals surface area contributed by atoms with E-state index in [0.29, 0.717) is 31.9 Å². The van der Waals surface area contributed by atoms with E-state index < -0.39 is 71.5 Å². The van der Waals surface area contributed by atoms with E-state index in [0.717, 1.165) is 18.7 Å². The van der Waals surface area contributed by atoms with Crippen LogP contribution in [0.1, 0.15) is 61.3 Å². The SMILES string of the molecule is CC(C)C(NC(=O)N1CCC[C@H]1C(=O)[C@@H](NC(=O)c1ccc(C(=O)N2CCOCC2)cc1)C(C)C)C(=O)C(F)(F)C(F)(F)C(F)(F)F. The largest absolute Gasteiger partial charge is 0.460 e. The molecule has 0 aromatic heterocycles. The van der Waals surface area contributed by atoms with Gasteiger partial charge in [0.2, 0.25) is 5.78 Å². The second-order valence-corrected chi connectivity index (χ2v) is 12.1. The molecular weight excluding hydrogens is 645 g/mol. The summed E-state index contributed by atoms with van der Waals surface area (Å²) in [5.74, 6) is -19.2. The lowest BCUT2D eigenvalue weighted by molar-refractivity contribution is -0.344. The number of amides is 4. The van der Waals surface area contributed by atoms with Crippen LogP contribution in [0.5, 0.6) is 0 Å². The average Bonchev–Trinajstić information content (AvgIpc) is 3.51. The maximum atomic E-state index is 14.2. The third kappa shape index (κ3) is 8.04. The zero-order valence-electron chi connectivity index (χ0n) is 26.1. The highest BCUT2D eigenvalue weighted by Crippen LogP contribution is 2.47. The maximum absolute atomic E-state index is 14.2. The summed E-state index contributed by atoms with van der Waals surface area (Å²) < 4.78 is 99.0. The van der Waals surface area contributed by atoms with Crippen molar-refractivity contribution >= 4 is 29.4 Å². The Balaban J connectivity index is 1.73.